The molecular formula is C18H34N2O. The van der Waals surface area contributed by atoms with E-state index in [1.165, 1.54) is 38.5 Å². The van der Waals surface area contributed by atoms with Crippen molar-refractivity contribution < 1.29 is 4.79 Å². The second kappa shape index (κ2) is 8.17. The van der Waals surface area contributed by atoms with Crippen molar-refractivity contribution in [1.82, 2.24) is 4.90 Å². The van der Waals surface area contributed by atoms with E-state index in [0.29, 0.717) is 29.8 Å². The Balaban J connectivity index is 1.89. The number of hydrogen-bond acceptors (Lipinski definition) is 2. The standard InChI is InChI=1S/C18H34N2O/c1-14(2)10-11-20(17-8-3-4-9-17)18(21)13-15-6-5-7-16(19)12-15/h14-17H,3-13,19H2,1-2H3. The Labute approximate surface area is 130 Å². The van der Waals surface area contributed by atoms with Gasteiger partial charge in [0.15, 0.2) is 0 Å². The molecule has 2 fully saturated rings. The molecule has 2 aliphatic rings. The molecular weight excluding hydrogens is 260 g/mol. The number of rotatable bonds is 6. The minimum atomic E-state index is 0.326. The highest BCUT2D eigenvalue weighted by Crippen LogP contribution is 2.29. The zero-order chi connectivity index (χ0) is 15.2. The number of hydrogen-bond donors (Lipinski definition) is 1. The van der Waals surface area contributed by atoms with E-state index < -0.39 is 0 Å². The Hall–Kier alpha value is -0.570. The zero-order valence-corrected chi connectivity index (χ0v) is 14.0. The molecule has 0 aliphatic heterocycles. The summed E-state index contributed by atoms with van der Waals surface area (Å²) < 4.78 is 0. The molecule has 2 unspecified atom stereocenters. The lowest BCUT2D eigenvalue weighted by molar-refractivity contribution is -0.135. The lowest BCUT2D eigenvalue weighted by Gasteiger charge is -2.33. The largest absolute Gasteiger partial charge is 0.340 e. The zero-order valence-electron chi connectivity index (χ0n) is 14.0. The Morgan fingerprint density at radius 2 is 1.86 bits per heavy atom. The minimum absolute atomic E-state index is 0.326. The van der Waals surface area contributed by atoms with Gasteiger partial charge in [0.1, 0.15) is 0 Å². The molecule has 0 radical (unpaired) electrons. The van der Waals surface area contributed by atoms with Gasteiger partial charge in [0.05, 0.1) is 0 Å². The van der Waals surface area contributed by atoms with Crippen LogP contribution >= 0.6 is 0 Å². The first-order chi connectivity index (χ1) is 10.1. The summed E-state index contributed by atoms with van der Waals surface area (Å²) in [6, 6.07) is 0.848. The summed E-state index contributed by atoms with van der Waals surface area (Å²) in [7, 11) is 0. The van der Waals surface area contributed by atoms with Crippen molar-refractivity contribution in [2.75, 3.05) is 6.54 Å². The van der Waals surface area contributed by atoms with Crippen LogP contribution in [0.4, 0.5) is 0 Å². The molecule has 0 aromatic heterocycles. The normalized spacial score (nSPS) is 27.2. The summed E-state index contributed by atoms with van der Waals surface area (Å²) in [5, 5.41) is 0. The third-order valence-corrected chi connectivity index (χ3v) is 5.32. The number of nitrogens with two attached hydrogens (primary N) is 1. The maximum Gasteiger partial charge on any atom is 0.223 e. The van der Waals surface area contributed by atoms with Crippen LogP contribution in [0.15, 0.2) is 0 Å². The van der Waals surface area contributed by atoms with Gasteiger partial charge in [0, 0.05) is 25.0 Å². The Morgan fingerprint density at radius 1 is 1.14 bits per heavy atom. The SMILES string of the molecule is CC(C)CCN(C(=O)CC1CCCC(N)C1)C1CCCC1. The number of carbonyl (C=O) groups is 1. The average Bonchev–Trinajstić information content (AvgIpc) is 2.92. The minimum Gasteiger partial charge on any atom is -0.340 e. The molecule has 0 aromatic rings. The van der Waals surface area contributed by atoms with Crippen molar-refractivity contribution in [2.24, 2.45) is 17.6 Å². The predicted molar refractivity (Wildman–Crippen MR) is 88.0 cm³/mol. The summed E-state index contributed by atoms with van der Waals surface area (Å²) in [4.78, 5) is 15.0. The van der Waals surface area contributed by atoms with E-state index >= 15 is 0 Å². The van der Waals surface area contributed by atoms with Crippen molar-refractivity contribution in [3.05, 3.63) is 0 Å². The summed E-state index contributed by atoms with van der Waals surface area (Å²) >= 11 is 0. The van der Waals surface area contributed by atoms with E-state index in [-0.39, 0.29) is 0 Å². The van der Waals surface area contributed by atoms with E-state index in [1.54, 1.807) is 0 Å². The van der Waals surface area contributed by atoms with Gasteiger partial charge in [-0.05, 0) is 50.4 Å². The maximum atomic E-state index is 12.8. The number of nitrogens with zero attached hydrogens (tertiary/aromatic N) is 1. The number of carbonyl (C=O) groups excluding carboxylic acids is 1. The van der Waals surface area contributed by atoms with Crippen molar-refractivity contribution in [3.8, 4) is 0 Å². The molecule has 0 spiro atoms. The molecule has 2 saturated carbocycles. The second-order valence-corrected chi connectivity index (χ2v) is 7.70. The second-order valence-electron chi connectivity index (χ2n) is 7.70. The van der Waals surface area contributed by atoms with Crippen molar-refractivity contribution >= 4 is 5.91 Å². The van der Waals surface area contributed by atoms with Gasteiger partial charge in [-0.1, -0.05) is 33.1 Å². The molecule has 2 aliphatic carbocycles. The molecule has 2 rings (SSSR count). The molecule has 0 aromatic carbocycles. The highest BCUT2D eigenvalue weighted by molar-refractivity contribution is 5.76. The van der Waals surface area contributed by atoms with Crippen LogP contribution in [-0.2, 0) is 4.79 Å². The Kier molecular flexibility index (Phi) is 6.53. The quantitative estimate of drug-likeness (QED) is 0.811. The van der Waals surface area contributed by atoms with Gasteiger partial charge in [0.25, 0.3) is 0 Å². The highest BCUT2D eigenvalue weighted by Gasteiger charge is 2.29. The molecule has 3 heteroatoms. The maximum absolute atomic E-state index is 12.8. The average molecular weight is 294 g/mol. The third-order valence-electron chi connectivity index (χ3n) is 5.32. The van der Waals surface area contributed by atoms with Crippen LogP contribution in [0, 0.1) is 11.8 Å². The van der Waals surface area contributed by atoms with Crippen LogP contribution in [-0.4, -0.2) is 29.4 Å². The van der Waals surface area contributed by atoms with E-state index in [4.69, 9.17) is 5.73 Å². The van der Waals surface area contributed by atoms with Gasteiger partial charge in [0.2, 0.25) is 5.91 Å². The fourth-order valence-electron chi connectivity index (χ4n) is 4.01. The van der Waals surface area contributed by atoms with Crippen molar-refractivity contribution in [1.29, 1.82) is 0 Å². The molecule has 3 nitrogen and oxygen atoms in total. The van der Waals surface area contributed by atoms with Gasteiger partial charge in [-0.3, -0.25) is 4.79 Å². The molecule has 1 amide bonds. The first-order valence-corrected chi connectivity index (χ1v) is 9.11. The molecule has 0 bridgehead atoms. The van der Waals surface area contributed by atoms with Gasteiger partial charge in [-0.2, -0.15) is 0 Å². The summed E-state index contributed by atoms with van der Waals surface area (Å²) in [5.74, 6) is 1.61. The molecule has 122 valence electrons. The third kappa shape index (κ3) is 5.28. The monoisotopic (exact) mass is 294 g/mol. The molecule has 21 heavy (non-hydrogen) atoms. The summed E-state index contributed by atoms with van der Waals surface area (Å²) in [6.45, 7) is 5.45. The van der Waals surface area contributed by atoms with Crippen LogP contribution < -0.4 is 5.73 Å². The van der Waals surface area contributed by atoms with Crippen LogP contribution in [0.1, 0.15) is 78.1 Å². The first kappa shape index (κ1) is 16.8. The Bertz CT molecular complexity index is 323. The molecule has 0 saturated heterocycles. The van der Waals surface area contributed by atoms with Crippen molar-refractivity contribution in [2.45, 2.75) is 90.1 Å². The Morgan fingerprint density at radius 3 is 2.48 bits per heavy atom. The van der Waals surface area contributed by atoms with Gasteiger partial charge >= 0.3 is 0 Å². The van der Waals surface area contributed by atoms with E-state index in [1.807, 2.05) is 0 Å². The van der Waals surface area contributed by atoms with Crippen LogP contribution in [0.25, 0.3) is 0 Å². The van der Waals surface area contributed by atoms with Gasteiger partial charge in [-0.15, -0.1) is 0 Å². The van der Waals surface area contributed by atoms with Crippen LogP contribution in [0.2, 0.25) is 0 Å². The van der Waals surface area contributed by atoms with E-state index in [9.17, 15) is 4.79 Å². The fraction of sp³-hybridized carbons (Fsp3) is 0.944. The highest BCUT2D eigenvalue weighted by atomic mass is 16.2. The summed E-state index contributed by atoms with van der Waals surface area (Å²) in [5.41, 5.74) is 6.07. The van der Waals surface area contributed by atoms with E-state index in [0.717, 1.165) is 32.2 Å². The van der Waals surface area contributed by atoms with Crippen LogP contribution in [0.5, 0.6) is 0 Å². The lowest BCUT2D eigenvalue weighted by atomic mass is 9.84. The summed E-state index contributed by atoms with van der Waals surface area (Å²) in [6.07, 6.45) is 11.5. The number of amides is 1. The van der Waals surface area contributed by atoms with Gasteiger partial charge < -0.3 is 10.6 Å². The smallest absolute Gasteiger partial charge is 0.223 e. The first-order valence-electron chi connectivity index (χ1n) is 9.11. The predicted octanol–water partition coefficient (Wildman–Crippen LogP) is 3.71. The molecule has 2 N–H and O–H groups in total. The lowest BCUT2D eigenvalue weighted by Crippen LogP contribution is -2.41. The topological polar surface area (TPSA) is 46.3 Å². The fourth-order valence-corrected chi connectivity index (χ4v) is 4.01. The van der Waals surface area contributed by atoms with Crippen molar-refractivity contribution in [3.63, 3.8) is 0 Å². The molecule has 0 heterocycles. The van der Waals surface area contributed by atoms with E-state index in [2.05, 4.69) is 18.7 Å². The molecule has 2 atom stereocenters. The van der Waals surface area contributed by atoms with Gasteiger partial charge in [-0.25, -0.2) is 0 Å². The van der Waals surface area contributed by atoms with Crippen LogP contribution in [0.3, 0.4) is 0 Å².